The number of rotatable bonds is 4. The molecular weight excluding hydrogens is 252 g/mol. The zero-order valence-corrected chi connectivity index (χ0v) is 10.9. The molecule has 0 radical (unpaired) electrons. The third-order valence-electron chi connectivity index (χ3n) is 2.01. The van der Waals surface area contributed by atoms with Crippen molar-refractivity contribution in [2.75, 3.05) is 25.1 Å². The summed E-state index contributed by atoms with van der Waals surface area (Å²) >= 11 is 5.97. The maximum atomic E-state index is 11.5. The van der Waals surface area contributed by atoms with Crippen molar-refractivity contribution in [1.82, 2.24) is 0 Å². The summed E-state index contributed by atoms with van der Waals surface area (Å²) in [6.07, 6.45) is 0. The lowest BCUT2D eigenvalue weighted by Gasteiger charge is -2.06. The summed E-state index contributed by atoms with van der Waals surface area (Å²) < 4.78 is 5.00. The molecular formula is C13H15ClN2O2. The summed E-state index contributed by atoms with van der Waals surface area (Å²) in [4.78, 5) is 11.5. The van der Waals surface area contributed by atoms with Crippen molar-refractivity contribution in [1.29, 1.82) is 0 Å². The van der Waals surface area contributed by atoms with Crippen LogP contribution in [0.5, 0.6) is 0 Å². The predicted molar refractivity (Wildman–Crippen MR) is 72.5 cm³/mol. The van der Waals surface area contributed by atoms with Crippen LogP contribution in [0.2, 0.25) is 5.02 Å². The van der Waals surface area contributed by atoms with Gasteiger partial charge in [-0.1, -0.05) is 23.4 Å². The number of anilines is 1. The van der Waals surface area contributed by atoms with Crippen molar-refractivity contribution in [3.63, 3.8) is 0 Å². The van der Waals surface area contributed by atoms with E-state index in [9.17, 15) is 4.79 Å². The van der Waals surface area contributed by atoms with Crippen LogP contribution in [0.1, 0.15) is 12.5 Å². The smallest absolute Gasteiger partial charge is 0.250 e. The normalized spacial score (nSPS) is 9.50. The average molecular weight is 267 g/mol. The number of nitrogens with one attached hydrogen (secondary N) is 1. The molecule has 0 aromatic heterocycles. The highest BCUT2D eigenvalue weighted by Crippen LogP contribution is 2.19. The fourth-order valence-corrected chi connectivity index (χ4v) is 1.40. The first-order valence-corrected chi connectivity index (χ1v) is 5.91. The van der Waals surface area contributed by atoms with Gasteiger partial charge in [0.05, 0.1) is 11.6 Å². The van der Waals surface area contributed by atoms with E-state index in [1.807, 2.05) is 6.92 Å². The molecule has 0 aliphatic rings. The number of hydrogen-bond donors (Lipinski definition) is 2. The number of ether oxygens (including phenoxy) is 1. The Bertz CT molecular complexity index is 478. The highest BCUT2D eigenvalue weighted by molar-refractivity contribution is 6.31. The van der Waals surface area contributed by atoms with Crippen LogP contribution in [0, 0.1) is 11.8 Å². The second-order valence-corrected chi connectivity index (χ2v) is 3.79. The number of carbonyl (C=O) groups excluding carboxylic acids is 1. The Labute approximate surface area is 111 Å². The second-order valence-electron chi connectivity index (χ2n) is 3.39. The molecule has 0 aliphatic carbocycles. The first-order valence-electron chi connectivity index (χ1n) is 5.53. The predicted octanol–water partition coefficient (Wildman–Crippen LogP) is 1.63. The van der Waals surface area contributed by atoms with Crippen LogP contribution < -0.4 is 11.1 Å². The van der Waals surface area contributed by atoms with Crippen LogP contribution in [0.25, 0.3) is 0 Å². The molecule has 0 saturated heterocycles. The van der Waals surface area contributed by atoms with Crippen LogP contribution in [0.4, 0.5) is 5.69 Å². The number of benzene rings is 1. The molecule has 0 bridgehead atoms. The standard InChI is InChI=1S/C13H15ClN2O2/c1-2-18-9-13(17)16-11-5-6-12(14)10(8-11)4-3-7-15/h5-6,8H,2,7,9,15H2,1H3,(H,16,17). The van der Waals surface area contributed by atoms with E-state index >= 15 is 0 Å². The highest BCUT2D eigenvalue weighted by atomic mass is 35.5. The van der Waals surface area contributed by atoms with Gasteiger partial charge in [-0.3, -0.25) is 4.79 Å². The Morgan fingerprint density at radius 2 is 2.33 bits per heavy atom. The Morgan fingerprint density at radius 1 is 1.56 bits per heavy atom. The summed E-state index contributed by atoms with van der Waals surface area (Å²) in [5, 5.41) is 3.23. The van der Waals surface area contributed by atoms with Crippen LogP contribution in [0.3, 0.4) is 0 Å². The van der Waals surface area contributed by atoms with Crippen molar-refractivity contribution in [3.8, 4) is 11.8 Å². The first kappa shape index (κ1) is 14.5. The molecule has 5 heteroatoms. The van der Waals surface area contributed by atoms with E-state index in [-0.39, 0.29) is 19.1 Å². The van der Waals surface area contributed by atoms with Gasteiger partial charge in [0.25, 0.3) is 0 Å². The molecule has 96 valence electrons. The number of carbonyl (C=O) groups is 1. The highest BCUT2D eigenvalue weighted by Gasteiger charge is 2.04. The van der Waals surface area contributed by atoms with Crippen LogP contribution in [0.15, 0.2) is 18.2 Å². The lowest BCUT2D eigenvalue weighted by atomic mass is 10.2. The number of nitrogens with two attached hydrogens (primary N) is 1. The SMILES string of the molecule is CCOCC(=O)Nc1ccc(Cl)c(C#CCN)c1. The van der Waals surface area contributed by atoms with Crippen molar-refractivity contribution >= 4 is 23.2 Å². The van der Waals surface area contributed by atoms with Crippen molar-refractivity contribution in [2.24, 2.45) is 5.73 Å². The zero-order chi connectivity index (χ0) is 13.4. The van der Waals surface area contributed by atoms with Crippen LogP contribution in [-0.2, 0) is 9.53 Å². The molecule has 4 nitrogen and oxygen atoms in total. The minimum Gasteiger partial charge on any atom is -0.372 e. The number of halogens is 1. The third kappa shape index (κ3) is 4.76. The molecule has 0 saturated carbocycles. The van der Waals surface area contributed by atoms with E-state index in [0.717, 1.165) is 0 Å². The van der Waals surface area contributed by atoms with E-state index in [0.29, 0.717) is 22.9 Å². The Morgan fingerprint density at radius 3 is 3.00 bits per heavy atom. The lowest BCUT2D eigenvalue weighted by Crippen LogP contribution is -2.18. The molecule has 3 N–H and O–H groups in total. The topological polar surface area (TPSA) is 64.3 Å². The first-order chi connectivity index (χ1) is 8.67. The minimum atomic E-state index is -0.211. The molecule has 1 aromatic carbocycles. The minimum absolute atomic E-state index is 0.0307. The van der Waals surface area contributed by atoms with Crippen LogP contribution in [-0.4, -0.2) is 25.7 Å². The number of amides is 1. The fourth-order valence-electron chi connectivity index (χ4n) is 1.24. The molecule has 0 atom stereocenters. The molecule has 0 spiro atoms. The fraction of sp³-hybridized carbons (Fsp3) is 0.308. The van der Waals surface area contributed by atoms with Gasteiger partial charge in [0.15, 0.2) is 0 Å². The van der Waals surface area contributed by atoms with Gasteiger partial charge in [0, 0.05) is 17.9 Å². The maximum Gasteiger partial charge on any atom is 0.250 e. The molecule has 0 heterocycles. The number of hydrogen-bond acceptors (Lipinski definition) is 3. The van der Waals surface area contributed by atoms with Gasteiger partial charge in [-0.25, -0.2) is 0 Å². The van der Waals surface area contributed by atoms with Gasteiger partial charge in [-0.15, -0.1) is 0 Å². The van der Waals surface area contributed by atoms with E-state index in [2.05, 4.69) is 17.2 Å². The maximum absolute atomic E-state index is 11.5. The summed E-state index contributed by atoms with van der Waals surface area (Å²) in [5.41, 5.74) is 6.56. The molecule has 18 heavy (non-hydrogen) atoms. The molecule has 1 rings (SSSR count). The summed E-state index contributed by atoms with van der Waals surface area (Å²) in [6, 6.07) is 5.09. The summed E-state index contributed by atoms with van der Waals surface area (Å²) in [6.45, 7) is 2.62. The largest absolute Gasteiger partial charge is 0.372 e. The molecule has 1 aromatic rings. The van der Waals surface area contributed by atoms with Crippen LogP contribution >= 0.6 is 11.6 Å². The van der Waals surface area contributed by atoms with E-state index < -0.39 is 0 Å². The van der Waals surface area contributed by atoms with E-state index in [1.54, 1.807) is 18.2 Å². The van der Waals surface area contributed by atoms with Crippen molar-refractivity contribution in [3.05, 3.63) is 28.8 Å². The van der Waals surface area contributed by atoms with Gasteiger partial charge < -0.3 is 15.8 Å². The van der Waals surface area contributed by atoms with Gasteiger partial charge in [-0.05, 0) is 25.1 Å². The summed E-state index contributed by atoms with van der Waals surface area (Å²) in [5.74, 6) is 5.34. The lowest BCUT2D eigenvalue weighted by molar-refractivity contribution is -0.120. The third-order valence-corrected chi connectivity index (χ3v) is 2.34. The van der Waals surface area contributed by atoms with Crippen molar-refractivity contribution < 1.29 is 9.53 Å². The average Bonchev–Trinajstić information content (AvgIpc) is 2.37. The van der Waals surface area contributed by atoms with E-state index in [1.165, 1.54) is 0 Å². The monoisotopic (exact) mass is 266 g/mol. The van der Waals surface area contributed by atoms with Gasteiger partial charge in [0.1, 0.15) is 6.61 Å². The summed E-state index contributed by atoms with van der Waals surface area (Å²) in [7, 11) is 0. The zero-order valence-electron chi connectivity index (χ0n) is 10.1. The molecule has 0 fully saturated rings. The molecule has 1 amide bonds. The quantitative estimate of drug-likeness (QED) is 0.814. The van der Waals surface area contributed by atoms with Gasteiger partial charge in [0.2, 0.25) is 5.91 Å². The van der Waals surface area contributed by atoms with E-state index in [4.69, 9.17) is 22.1 Å². The second kappa shape index (κ2) is 7.72. The molecule has 0 aliphatic heterocycles. The Hall–Kier alpha value is -1.54. The van der Waals surface area contributed by atoms with Gasteiger partial charge >= 0.3 is 0 Å². The van der Waals surface area contributed by atoms with Crippen molar-refractivity contribution in [2.45, 2.75) is 6.92 Å². The Balaban J connectivity index is 2.75. The Kier molecular flexibility index (Phi) is 6.23. The van der Waals surface area contributed by atoms with Gasteiger partial charge in [-0.2, -0.15) is 0 Å². The molecule has 0 unspecified atom stereocenters.